The number of hydrogen-bond donors (Lipinski definition) is 2. The van der Waals surface area contributed by atoms with Crippen molar-refractivity contribution in [3.8, 4) is 0 Å². The molecule has 1 aliphatic carbocycles. The first-order valence-corrected chi connectivity index (χ1v) is 7.64. The maximum Gasteiger partial charge on any atom is 0.242 e. The summed E-state index contributed by atoms with van der Waals surface area (Å²) in [5.74, 6) is 0.151. The van der Waals surface area contributed by atoms with Gasteiger partial charge in [-0.15, -0.1) is 0 Å². The Morgan fingerprint density at radius 1 is 1.30 bits per heavy atom. The molecule has 4 heteroatoms. The third-order valence-corrected chi connectivity index (χ3v) is 4.16. The highest BCUT2D eigenvalue weighted by atomic mass is 16.2. The standard InChI is InChI=1S/C16H23N3O/c1-2-15-16(20)17-9-10-19(15)14-7-3-12(4-8-14)11-18-13-5-6-13/h3-4,7-8,13,15,18H,2,5-6,9-11H2,1H3,(H,17,20). The van der Waals surface area contributed by atoms with Crippen molar-refractivity contribution in [3.63, 3.8) is 0 Å². The van der Waals surface area contributed by atoms with Crippen molar-refractivity contribution in [2.75, 3.05) is 18.0 Å². The molecule has 1 saturated carbocycles. The van der Waals surface area contributed by atoms with Crippen LogP contribution in [0.4, 0.5) is 5.69 Å². The number of amides is 1. The van der Waals surface area contributed by atoms with Crippen molar-refractivity contribution < 1.29 is 4.79 Å². The summed E-state index contributed by atoms with van der Waals surface area (Å²) >= 11 is 0. The Morgan fingerprint density at radius 3 is 2.70 bits per heavy atom. The van der Waals surface area contributed by atoms with E-state index in [0.717, 1.165) is 37.8 Å². The number of carbonyl (C=O) groups excluding carboxylic acids is 1. The molecule has 1 atom stereocenters. The second kappa shape index (κ2) is 5.83. The monoisotopic (exact) mass is 273 g/mol. The minimum absolute atomic E-state index is 0.0285. The smallest absolute Gasteiger partial charge is 0.242 e. The van der Waals surface area contributed by atoms with E-state index in [0.29, 0.717) is 0 Å². The predicted octanol–water partition coefficient (Wildman–Crippen LogP) is 1.65. The number of nitrogens with zero attached hydrogens (tertiary/aromatic N) is 1. The Balaban J connectivity index is 1.67. The Morgan fingerprint density at radius 2 is 2.05 bits per heavy atom. The van der Waals surface area contributed by atoms with Gasteiger partial charge < -0.3 is 15.5 Å². The Kier molecular flexibility index (Phi) is 3.92. The molecule has 1 heterocycles. The van der Waals surface area contributed by atoms with E-state index in [1.165, 1.54) is 18.4 Å². The number of piperazine rings is 1. The molecule has 1 saturated heterocycles. The van der Waals surface area contributed by atoms with Gasteiger partial charge in [-0.3, -0.25) is 4.79 Å². The molecule has 108 valence electrons. The van der Waals surface area contributed by atoms with E-state index in [4.69, 9.17) is 0 Å². The summed E-state index contributed by atoms with van der Waals surface area (Å²) < 4.78 is 0. The molecule has 2 aliphatic rings. The van der Waals surface area contributed by atoms with Crippen LogP contribution >= 0.6 is 0 Å². The van der Waals surface area contributed by atoms with Crippen LogP contribution in [0.3, 0.4) is 0 Å². The van der Waals surface area contributed by atoms with Gasteiger partial charge in [-0.05, 0) is 37.0 Å². The van der Waals surface area contributed by atoms with Crippen LogP contribution in [0, 0.1) is 0 Å². The highest BCUT2D eigenvalue weighted by Crippen LogP contribution is 2.22. The van der Waals surface area contributed by atoms with Gasteiger partial charge in [-0.1, -0.05) is 19.1 Å². The van der Waals surface area contributed by atoms with E-state index in [2.05, 4.69) is 46.7 Å². The van der Waals surface area contributed by atoms with Crippen molar-refractivity contribution in [1.82, 2.24) is 10.6 Å². The van der Waals surface area contributed by atoms with Crippen LogP contribution in [0.1, 0.15) is 31.7 Å². The lowest BCUT2D eigenvalue weighted by molar-refractivity contribution is -0.123. The molecule has 1 amide bonds. The molecule has 0 radical (unpaired) electrons. The molecule has 3 rings (SSSR count). The van der Waals surface area contributed by atoms with E-state index in [1.807, 2.05) is 0 Å². The first-order chi connectivity index (χ1) is 9.78. The summed E-state index contributed by atoms with van der Waals surface area (Å²) in [6.45, 7) is 4.64. The van der Waals surface area contributed by atoms with E-state index in [9.17, 15) is 4.79 Å². The summed E-state index contributed by atoms with van der Waals surface area (Å²) in [4.78, 5) is 14.1. The van der Waals surface area contributed by atoms with Crippen LogP contribution in [0.25, 0.3) is 0 Å². The Bertz CT molecular complexity index is 467. The van der Waals surface area contributed by atoms with Gasteiger partial charge in [0.25, 0.3) is 0 Å². The minimum atomic E-state index is -0.0285. The molecule has 1 aromatic carbocycles. The van der Waals surface area contributed by atoms with E-state index in [-0.39, 0.29) is 11.9 Å². The van der Waals surface area contributed by atoms with Crippen molar-refractivity contribution >= 4 is 11.6 Å². The predicted molar refractivity (Wildman–Crippen MR) is 80.7 cm³/mol. The molecule has 2 fully saturated rings. The van der Waals surface area contributed by atoms with Crippen LogP contribution in [-0.2, 0) is 11.3 Å². The number of carbonyl (C=O) groups is 1. The molecular formula is C16H23N3O. The van der Waals surface area contributed by atoms with Crippen LogP contribution in [0.5, 0.6) is 0 Å². The van der Waals surface area contributed by atoms with Gasteiger partial charge in [-0.2, -0.15) is 0 Å². The lowest BCUT2D eigenvalue weighted by atomic mass is 10.1. The van der Waals surface area contributed by atoms with Gasteiger partial charge >= 0.3 is 0 Å². The zero-order valence-corrected chi connectivity index (χ0v) is 12.1. The number of anilines is 1. The molecular weight excluding hydrogens is 250 g/mol. The average Bonchev–Trinajstić information content (AvgIpc) is 3.30. The van der Waals surface area contributed by atoms with Crippen molar-refractivity contribution in [2.24, 2.45) is 0 Å². The molecule has 0 spiro atoms. The number of hydrogen-bond acceptors (Lipinski definition) is 3. The van der Waals surface area contributed by atoms with Gasteiger partial charge in [-0.25, -0.2) is 0 Å². The number of benzene rings is 1. The lowest BCUT2D eigenvalue weighted by Gasteiger charge is -2.36. The molecule has 0 aromatic heterocycles. The molecule has 0 bridgehead atoms. The SMILES string of the molecule is CCC1C(=O)NCCN1c1ccc(CNC2CC2)cc1. The highest BCUT2D eigenvalue weighted by molar-refractivity contribution is 5.86. The average molecular weight is 273 g/mol. The lowest BCUT2D eigenvalue weighted by Crippen LogP contribution is -2.55. The zero-order valence-electron chi connectivity index (χ0n) is 12.1. The van der Waals surface area contributed by atoms with Crippen molar-refractivity contribution in [2.45, 2.75) is 44.8 Å². The quantitative estimate of drug-likeness (QED) is 0.857. The first-order valence-electron chi connectivity index (χ1n) is 7.64. The fourth-order valence-electron chi connectivity index (χ4n) is 2.78. The molecule has 1 aromatic rings. The second-order valence-corrected chi connectivity index (χ2v) is 5.73. The van der Waals surface area contributed by atoms with Gasteiger partial charge in [0.2, 0.25) is 5.91 Å². The van der Waals surface area contributed by atoms with Crippen molar-refractivity contribution in [1.29, 1.82) is 0 Å². The van der Waals surface area contributed by atoms with Crippen LogP contribution in [-0.4, -0.2) is 31.1 Å². The van der Waals surface area contributed by atoms with Crippen LogP contribution < -0.4 is 15.5 Å². The number of rotatable bonds is 5. The summed E-state index contributed by atoms with van der Waals surface area (Å²) in [7, 11) is 0. The zero-order chi connectivity index (χ0) is 13.9. The highest BCUT2D eigenvalue weighted by Gasteiger charge is 2.28. The summed E-state index contributed by atoms with van der Waals surface area (Å²) in [5, 5.41) is 6.46. The molecule has 20 heavy (non-hydrogen) atoms. The minimum Gasteiger partial charge on any atom is -0.358 e. The molecule has 2 N–H and O–H groups in total. The third kappa shape index (κ3) is 2.96. The topological polar surface area (TPSA) is 44.4 Å². The summed E-state index contributed by atoms with van der Waals surface area (Å²) in [6, 6.07) is 9.34. The fourth-order valence-corrected chi connectivity index (χ4v) is 2.78. The van der Waals surface area contributed by atoms with Gasteiger partial charge in [0.1, 0.15) is 6.04 Å². The normalized spacial score (nSPS) is 22.8. The van der Waals surface area contributed by atoms with Gasteiger partial charge in [0.15, 0.2) is 0 Å². The maximum atomic E-state index is 11.9. The Labute approximate surface area is 120 Å². The molecule has 1 aliphatic heterocycles. The fraction of sp³-hybridized carbons (Fsp3) is 0.562. The summed E-state index contributed by atoms with van der Waals surface area (Å²) in [6.07, 6.45) is 3.48. The van der Waals surface area contributed by atoms with Gasteiger partial charge in [0.05, 0.1) is 0 Å². The second-order valence-electron chi connectivity index (χ2n) is 5.73. The van der Waals surface area contributed by atoms with E-state index >= 15 is 0 Å². The largest absolute Gasteiger partial charge is 0.358 e. The molecule has 1 unspecified atom stereocenters. The van der Waals surface area contributed by atoms with E-state index < -0.39 is 0 Å². The maximum absolute atomic E-state index is 11.9. The van der Waals surface area contributed by atoms with E-state index in [1.54, 1.807) is 0 Å². The first kappa shape index (κ1) is 13.4. The van der Waals surface area contributed by atoms with Crippen LogP contribution in [0.15, 0.2) is 24.3 Å². The Hall–Kier alpha value is -1.55. The summed E-state index contributed by atoms with van der Waals surface area (Å²) in [5.41, 5.74) is 2.47. The van der Waals surface area contributed by atoms with Gasteiger partial charge in [0, 0.05) is 31.4 Å². The number of nitrogens with one attached hydrogen (secondary N) is 2. The van der Waals surface area contributed by atoms with Crippen molar-refractivity contribution in [3.05, 3.63) is 29.8 Å². The van der Waals surface area contributed by atoms with Crippen LogP contribution in [0.2, 0.25) is 0 Å². The third-order valence-electron chi connectivity index (χ3n) is 4.16. The molecule has 4 nitrogen and oxygen atoms in total.